The third-order valence-corrected chi connectivity index (χ3v) is 2.39. The van der Waals surface area contributed by atoms with E-state index in [9.17, 15) is 9.18 Å². The molecule has 0 aliphatic heterocycles. The van der Waals surface area contributed by atoms with Crippen LogP contribution in [-0.4, -0.2) is 27.4 Å². The minimum atomic E-state index is -0.454. The molecule has 5 nitrogen and oxygen atoms in total. The van der Waals surface area contributed by atoms with Gasteiger partial charge in [0.25, 0.3) is 5.91 Å². The molecule has 0 spiro atoms. The fraction of sp³-hybridized carbons (Fsp3) is 0.250. The van der Waals surface area contributed by atoms with E-state index in [1.165, 1.54) is 12.1 Å². The fourth-order valence-corrected chi connectivity index (χ4v) is 1.49. The molecule has 0 bridgehead atoms. The highest BCUT2D eigenvalue weighted by molar-refractivity contribution is 5.92. The van der Waals surface area contributed by atoms with Crippen molar-refractivity contribution in [3.63, 3.8) is 0 Å². The van der Waals surface area contributed by atoms with Crippen LogP contribution in [0.1, 0.15) is 22.7 Å². The summed E-state index contributed by atoms with van der Waals surface area (Å²) in [5, 5.41) is 2.72. The van der Waals surface area contributed by atoms with E-state index in [0.29, 0.717) is 6.54 Å². The SMILES string of the molecule is O=C(NCCCc1ncc[nH]1)c1ccc(F)cn1. The van der Waals surface area contributed by atoms with Gasteiger partial charge >= 0.3 is 0 Å². The number of carbonyl (C=O) groups excluding carboxylic acids is 1. The molecular weight excluding hydrogens is 235 g/mol. The van der Waals surface area contributed by atoms with Crippen LogP contribution in [0.2, 0.25) is 0 Å². The summed E-state index contributed by atoms with van der Waals surface area (Å²) in [4.78, 5) is 22.4. The second-order valence-corrected chi connectivity index (χ2v) is 3.76. The van der Waals surface area contributed by atoms with Gasteiger partial charge < -0.3 is 10.3 Å². The van der Waals surface area contributed by atoms with Crippen LogP contribution in [0, 0.1) is 5.82 Å². The molecule has 0 atom stereocenters. The lowest BCUT2D eigenvalue weighted by molar-refractivity contribution is 0.0948. The van der Waals surface area contributed by atoms with E-state index in [0.717, 1.165) is 24.9 Å². The standard InChI is InChI=1S/C12H13FN4O/c13-9-3-4-10(17-8-9)12(18)16-5-1-2-11-14-6-7-15-11/h3-4,6-8H,1-2,5H2,(H,14,15)(H,16,18). The first-order chi connectivity index (χ1) is 8.75. The zero-order valence-corrected chi connectivity index (χ0v) is 9.69. The number of pyridine rings is 1. The molecule has 0 unspecified atom stereocenters. The topological polar surface area (TPSA) is 70.7 Å². The highest BCUT2D eigenvalue weighted by Crippen LogP contribution is 1.98. The van der Waals surface area contributed by atoms with Crippen LogP contribution >= 0.6 is 0 Å². The lowest BCUT2D eigenvalue weighted by Crippen LogP contribution is -2.25. The average Bonchev–Trinajstić information content (AvgIpc) is 2.88. The van der Waals surface area contributed by atoms with Crippen molar-refractivity contribution in [2.45, 2.75) is 12.8 Å². The van der Waals surface area contributed by atoms with Crippen LogP contribution in [0.25, 0.3) is 0 Å². The molecule has 0 aliphatic carbocycles. The molecule has 2 N–H and O–H groups in total. The Morgan fingerprint density at radius 2 is 2.28 bits per heavy atom. The van der Waals surface area contributed by atoms with Gasteiger partial charge in [-0.1, -0.05) is 0 Å². The highest BCUT2D eigenvalue weighted by atomic mass is 19.1. The van der Waals surface area contributed by atoms with Crippen molar-refractivity contribution in [3.8, 4) is 0 Å². The predicted octanol–water partition coefficient (Wildman–Crippen LogP) is 1.31. The van der Waals surface area contributed by atoms with Crippen LogP contribution < -0.4 is 5.32 Å². The Labute approximate surface area is 103 Å². The molecule has 0 aliphatic rings. The van der Waals surface area contributed by atoms with Gasteiger partial charge in [0.05, 0.1) is 6.20 Å². The summed E-state index contributed by atoms with van der Waals surface area (Å²) < 4.78 is 12.6. The molecule has 2 heterocycles. The summed E-state index contributed by atoms with van der Waals surface area (Å²) in [7, 11) is 0. The monoisotopic (exact) mass is 248 g/mol. The second-order valence-electron chi connectivity index (χ2n) is 3.76. The van der Waals surface area contributed by atoms with Gasteiger partial charge in [0.2, 0.25) is 0 Å². The highest BCUT2D eigenvalue weighted by Gasteiger charge is 2.06. The van der Waals surface area contributed by atoms with Gasteiger partial charge in [-0.25, -0.2) is 14.4 Å². The Kier molecular flexibility index (Phi) is 4.01. The van der Waals surface area contributed by atoms with Crippen molar-refractivity contribution < 1.29 is 9.18 Å². The molecule has 2 rings (SSSR count). The van der Waals surface area contributed by atoms with E-state index in [2.05, 4.69) is 20.3 Å². The zero-order valence-electron chi connectivity index (χ0n) is 9.69. The average molecular weight is 248 g/mol. The number of rotatable bonds is 5. The maximum absolute atomic E-state index is 12.6. The smallest absolute Gasteiger partial charge is 0.269 e. The molecule has 0 saturated heterocycles. The van der Waals surface area contributed by atoms with Crippen molar-refractivity contribution >= 4 is 5.91 Å². The summed E-state index contributed by atoms with van der Waals surface area (Å²) in [6.07, 6.45) is 6.02. The van der Waals surface area contributed by atoms with Gasteiger partial charge in [-0.05, 0) is 18.6 Å². The van der Waals surface area contributed by atoms with Gasteiger partial charge in [-0.15, -0.1) is 0 Å². The van der Waals surface area contributed by atoms with E-state index >= 15 is 0 Å². The summed E-state index contributed by atoms with van der Waals surface area (Å²) in [5.74, 6) is 0.142. The van der Waals surface area contributed by atoms with Crippen molar-refractivity contribution in [2.24, 2.45) is 0 Å². The first-order valence-electron chi connectivity index (χ1n) is 5.64. The molecule has 1 amide bonds. The van der Waals surface area contributed by atoms with Gasteiger partial charge in [0.15, 0.2) is 0 Å². The van der Waals surface area contributed by atoms with Crippen LogP contribution in [0.15, 0.2) is 30.7 Å². The number of hydrogen-bond donors (Lipinski definition) is 2. The number of aryl methyl sites for hydroxylation is 1. The van der Waals surface area contributed by atoms with Gasteiger partial charge in [0.1, 0.15) is 17.3 Å². The molecule has 0 radical (unpaired) electrons. The lowest BCUT2D eigenvalue weighted by Gasteiger charge is -2.03. The molecule has 6 heteroatoms. The van der Waals surface area contributed by atoms with E-state index in [1.54, 1.807) is 12.4 Å². The van der Waals surface area contributed by atoms with Crippen LogP contribution in [0.3, 0.4) is 0 Å². The van der Waals surface area contributed by atoms with Crippen molar-refractivity contribution in [2.75, 3.05) is 6.54 Å². The van der Waals surface area contributed by atoms with E-state index in [1.807, 2.05) is 0 Å². The molecule has 0 aromatic carbocycles. The van der Waals surface area contributed by atoms with Gasteiger partial charge in [-0.3, -0.25) is 4.79 Å². The lowest BCUT2D eigenvalue weighted by atomic mass is 10.3. The van der Waals surface area contributed by atoms with Crippen molar-refractivity contribution in [3.05, 3.63) is 48.1 Å². The normalized spacial score (nSPS) is 10.3. The number of aromatic amines is 1. The van der Waals surface area contributed by atoms with Crippen LogP contribution in [0.4, 0.5) is 4.39 Å². The number of carbonyl (C=O) groups is 1. The molecular formula is C12H13FN4O. The zero-order chi connectivity index (χ0) is 12.8. The van der Waals surface area contributed by atoms with E-state index in [4.69, 9.17) is 0 Å². The van der Waals surface area contributed by atoms with E-state index in [-0.39, 0.29) is 11.6 Å². The Bertz CT molecular complexity index is 495. The third kappa shape index (κ3) is 3.38. The Morgan fingerprint density at radius 1 is 1.39 bits per heavy atom. The number of nitrogens with one attached hydrogen (secondary N) is 2. The number of aromatic nitrogens is 3. The van der Waals surface area contributed by atoms with Gasteiger partial charge in [0, 0.05) is 25.4 Å². The predicted molar refractivity (Wildman–Crippen MR) is 63.4 cm³/mol. The largest absolute Gasteiger partial charge is 0.351 e. The van der Waals surface area contributed by atoms with Crippen LogP contribution in [-0.2, 0) is 6.42 Å². The molecule has 2 aromatic heterocycles. The third-order valence-electron chi connectivity index (χ3n) is 2.39. The van der Waals surface area contributed by atoms with Crippen molar-refractivity contribution in [1.29, 1.82) is 0 Å². The van der Waals surface area contributed by atoms with Crippen LogP contribution in [0.5, 0.6) is 0 Å². The quantitative estimate of drug-likeness (QED) is 0.784. The molecule has 0 saturated carbocycles. The fourth-order valence-electron chi connectivity index (χ4n) is 1.49. The second kappa shape index (κ2) is 5.90. The minimum Gasteiger partial charge on any atom is -0.351 e. The Balaban J connectivity index is 1.73. The summed E-state index contributed by atoms with van der Waals surface area (Å²) >= 11 is 0. The number of hydrogen-bond acceptors (Lipinski definition) is 3. The molecule has 2 aromatic rings. The number of nitrogens with zero attached hydrogens (tertiary/aromatic N) is 2. The summed E-state index contributed by atoms with van der Waals surface area (Å²) in [6.45, 7) is 0.526. The summed E-state index contributed by atoms with van der Waals surface area (Å²) in [6, 6.07) is 2.57. The summed E-state index contributed by atoms with van der Waals surface area (Å²) in [5.41, 5.74) is 0.217. The Morgan fingerprint density at radius 3 is 2.94 bits per heavy atom. The van der Waals surface area contributed by atoms with Gasteiger partial charge in [-0.2, -0.15) is 0 Å². The first kappa shape index (κ1) is 12.2. The number of H-pyrrole nitrogens is 1. The minimum absolute atomic E-state index is 0.217. The number of halogens is 1. The number of imidazole rings is 1. The maximum atomic E-state index is 12.6. The first-order valence-corrected chi connectivity index (χ1v) is 5.64. The number of amides is 1. The Hall–Kier alpha value is -2.24. The molecule has 18 heavy (non-hydrogen) atoms. The van der Waals surface area contributed by atoms with Crippen molar-refractivity contribution in [1.82, 2.24) is 20.3 Å². The molecule has 94 valence electrons. The van der Waals surface area contributed by atoms with E-state index < -0.39 is 5.82 Å². The maximum Gasteiger partial charge on any atom is 0.269 e. The molecule has 0 fully saturated rings.